The minimum Gasteiger partial charge on any atom is -0.370 e. The van der Waals surface area contributed by atoms with Crippen LogP contribution in [0.2, 0.25) is 0 Å². The van der Waals surface area contributed by atoms with Crippen molar-refractivity contribution in [2.24, 2.45) is 0 Å². The molecule has 2 aliphatic heterocycles. The first-order valence-corrected chi connectivity index (χ1v) is 9.34. The van der Waals surface area contributed by atoms with E-state index in [1.165, 1.54) is 23.2 Å². The number of amides is 2. The fourth-order valence-corrected chi connectivity index (χ4v) is 4.25. The van der Waals surface area contributed by atoms with Crippen molar-refractivity contribution >= 4 is 28.6 Å². The van der Waals surface area contributed by atoms with Crippen molar-refractivity contribution in [3.05, 3.63) is 29.3 Å². The SMILES string of the molecule is Cc1ccc(CCC2SC(=O)NC2=O)c(N2CC[C@H](N(C)C)C2)c1. The number of nitrogens with zero attached hydrogens (tertiary/aromatic N) is 2. The number of carbonyl (C=O) groups is 2. The molecule has 0 aromatic heterocycles. The van der Waals surface area contributed by atoms with Gasteiger partial charge in [-0.05, 0) is 57.5 Å². The zero-order valence-electron chi connectivity index (χ0n) is 14.5. The van der Waals surface area contributed by atoms with Crippen LogP contribution in [0.25, 0.3) is 0 Å². The second kappa shape index (κ2) is 7.15. The van der Waals surface area contributed by atoms with Gasteiger partial charge in [0, 0.05) is 24.8 Å². The fraction of sp³-hybridized carbons (Fsp3) is 0.556. The molecule has 2 aliphatic rings. The number of benzene rings is 1. The normalized spacial score (nSPS) is 24.1. The Morgan fingerprint density at radius 1 is 1.33 bits per heavy atom. The Labute approximate surface area is 147 Å². The summed E-state index contributed by atoms with van der Waals surface area (Å²) in [5.74, 6) is -0.146. The smallest absolute Gasteiger partial charge is 0.286 e. The molecule has 1 aromatic carbocycles. The summed E-state index contributed by atoms with van der Waals surface area (Å²) in [7, 11) is 4.27. The van der Waals surface area contributed by atoms with E-state index < -0.39 is 0 Å². The summed E-state index contributed by atoms with van der Waals surface area (Å²) < 4.78 is 0. The van der Waals surface area contributed by atoms with Crippen molar-refractivity contribution in [2.75, 3.05) is 32.1 Å². The maximum Gasteiger partial charge on any atom is 0.286 e. The summed E-state index contributed by atoms with van der Waals surface area (Å²) in [6.07, 6.45) is 2.69. The maximum atomic E-state index is 11.8. The van der Waals surface area contributed by atoms with E-state index in [-0.39, 0.29) is 16.4 Å². The average Bonchev–Trinajstić information content (AvgIpc) is 3.13. The third-order valence-corrected chi connectivity index (χ3v) is 5.97. The first-order valence-electron chi connectivity index (χ1n) is 8.46. The number of imide groups is 1. The summed E-state index contributed by atoms with van der Waals surface area (Å²) >= 11 is 1.12. The highest BCUT2D eigenvalue weighted by molar-refractivity contribution is 8.15. The van der Waals surface area contributed by atoms with Crippen LogP contribution in [0.15, 0.2) is 18.2 Å². The largest absolute Gasteiger partial charge is 0.370 e. The lowest BCUT2D eigenvalue weighted by Crippen LogP contribution is -2.31. The Morgan fingerprint density at radius 3 is 2.75 bits per heavy atom. The standard InChI is InChI=1S/C18H25N3O2S/c1-12-4-5-13(6-7-16-17(22)19-18(23)24-16)15(10-12)21-9-8-14(11-21)20(2)3/h4-5,10,14,16H,6-9,11H2,1-3H3,(H,19,22,23)/t14-,16?/m0/s1. The predicted molar refractivity (Wildman–Crippen MR) is 98.7 cm³/mol. The molecule has 6 heteroatoms. The number of likely N-dealkylation sites (N-methyl/N-ethyl adjacent to an activating group) is 1. The molecule has 0 aliphatic carbocycles. The van der Waals surface area contributed by atoms with E-state index in [1.54, 1.807) is 0 Å². The van der Waals surface area contributed by atoms with Crippen LogP contribution in [0.5, 0.6) is 0 Å². The van der Waals surface area contributed by atoms with Crippen LogP contribution in [-0.2, 0) is 11.2 Å². The molecule has 2 atom stereocenters. The van der Waals surface area contributed by atoms with E-state index in [0.717, 1.165) is 31.3 Å². The van der Waals surface area contributed by atoms with Gasteiger partial charge in [0.25, 0.3) is 5.24 Å². The highest BCUT2D eigenvalue weighted by Crippen LogP contribution is 2.30. The van der Waals surface area contributed by atoms with Crippen molar-refractivity contribution in [3.8, 4) is 0 Å². The quantitative estimate of drug-likeness (QED) is 0.886. The van der Waals surface area contributed by atoms with E-state index in [4.69, 9.17) is 0 Å². The summed E-state index contributed by atoms with van der Waals surface area (Å²) in [6.45, 7) is 4.22. The topological polar surface area (TPSA) is 52.7 Å². The van der Waals surface area contributed by atoms with Gasteiger partial charge in [0.2, 0.25) is 5.91 Å². The van der Waals surface area contributed by atoms with Crippen LogP contribution in [-0.4, -0.2) is 54.5 Å². The molecule has 0 saturated carbocycles. The van der Waals surface area contributed by atoms with Crippen LogP contribution >= 0.6 is 11.8 Å². The maximum absolute atomic E-state index is 11.8. The lowest BCUT2D eigenvalue weighted by atomic mass is 10.0. The summed E-state index contributed by atoms with van der Waals surface area (Å²) in [6, 6.07) is 7.14. The molecule has 2 heterocycles. The van der Waals surface area contributed by atoms with Crippen LogP contribution in [0.3, 0.4) is 0 Å². The van der Waals surface area contributed by atoms with Crippen molar-refractivity contribution in [1.82, 2.24) is 10.2 Å². The molecule has 24 heavy (non-hydrogen) atoms. The van der Waals surface area contributed by atoms with Gasteiger partial charge in [0.15, 0.2) is 0 Å². The molecule has 0 bridgehead atoms. The number of carbonyl (C=O) groups excluding carboxylic acids is 2. The van der Waals surface area contributed by atoms with E-state index >= 15 is 0 Å². The number of hydrogen-bond donors (Lipinski definition) is 1. The fourth-order valence-electron chi connectivity index (χ4n) is 3.43. The zero-order valence-corrected chi connectivity index (χ0v) is 15.4. The molecule has 0 spiro atoms. The minimum atomic E-state index is -0.250. The van der Waals surface area contributed by atoms with Gasteiger partial charge in [-0.1, -0.05) is 23.9 Å². The lowest BCUT2D eigenvalue weighted by Gasteiger charge is -2.25. The van der Waals surface area contributed by atoms with E-state index in [9.17, 15) is 9.59 Å². The lowest BCUT2D eigenvalue weighted by molar-refractivity contribution is -0.119. The van der Waals surface area contributed by atoms with Gasteiger partial charge in [-0.25, -0.2) is 0 Å². The minimum absolute atomic E-state index is 0.146. The van der Waals surface area contributed by atoms with Gasteiger partial charge >= 0.3 is 0 Å². The molecular weight excluding hydrogens is 322 g/mol. The van der Waals surface area contributed by atoms with Crippen molar-refractivity contribution < 1.29 is 9.59 Å². The zero-order chi connectivity index (χ0) is 17.3. The van der Waals surface area contributed by atoms with Gasteiger partial charge in [-0.2, -0.15) is 0 Å². The summed E-state index contributed by atoms with van der Waals surface area (Å²) in [4.78, 5) is 27.8. The van der Waals surface area contributed by atoms with E-state index in [1.807, 2.05) is 0 Å². The monoisotopic (exact) mass is 347 g/mol. The molecule has 0 radical (unpaired) electrons. The van der Waals surface area contributed by atoms with Crippen molar-refractivity contribution in [1.29, 1.82) is 0 Å². The Bertz CT molecular complexity index is 647. The number of hydrogen-bond acceptors (Lipinski definition) is 5. The van der Waals surface area contributed by atoms with Crippen LogP contribution < -0.4 is 10.2 Å². The summed E-state index contributed by atoms with van der Waals surface area (Å²) in [5.41, 5.74) is 3.81. The second-order valence-corrected chi connectivity index (χ2v) is 8.08. The van der Waals surface area contributed by atoms with Gasteiger partial charge in [0.1, 0.15) is 0 Å². The molecule has 1 N–H and O–H groups in total. The molecule has 2 saturated heterocycles. The highest BCUT2D eigenvalue weighted by atomic mass is 32.2. The first kappa shape index (κ1) is 17.3. The highest BCUT2D eigenvalue weighted by Gasteiger charge is 2.31. The third kappa shape index (κ3) is 3.75. The van der Waals surface area contributed by atoms with Crippen molar-refractivity contribution in [2.45, 2.75) is 37.5 Å². The van der Waals surface area contributed by atoms with Crippen LogP contribution in [0, 0.1) is 6.92 Å². The number of nitrogens with one attached hydrogen (secondary N) is 1. The van der Waals surface area contributed by atoms with Gasteiger partial charge in [-0.15, -0.1) is 0 Å². The van der Waals surface area contributed by atoms with Crippen LogP contribution in [0.1, 0.15) is 24.0 Å². The molecule has 2 fully saturated rings. The average molecular weight is 347 g/mol. The van der Waals surface area contributed by atoms with Gasteiger partial charge in [-0.3, -0.25) is 14.9 Å². The second-order valence-electron chi connectivity index (χ2n) is 6.91. The molecule has 3 rings (SSSR count). The number of anilines is 1. The van der Waals surface area contributed by atoms with Crippen molar-refractivity contribution in [3.63, 3.8) is 0 Å². The number of thioether (sulfide) groups is 1. The number of rotatable bonds is 5. The molecule has 2 amide bonds. The van der Waals surface area contributed by atoms with Gasteiger partial charge in [0.05, 0.1) is 5.25 Å². The Hall–Kier alpha value is -1.53. The van der Waals surface area contributed by atoms with Crippen LogP contribution in [0.4, 0.5) is 10.5 Å². The molecule has 5 nitrogen and oxygen atoms in total. The van der Waals surface area contributed by atoms with E-state index in [0.29, 0.717) is 12.5 Å². The molecule has 130 valence electrons. The molecule has 1 aromatic rings. The Morgan fingerprint density at radius 2 is 2.12 bits per heavy atom. The first-order chi connectivity index (χ1) is 11.4. The Kier molecular flexibility index (Phi) is 5.15. The third-order valence-electron chi connectivity index (χ3n) is 4.92. The predicted octanol–water partition coefficient (Wildman–Crippen LogP) is 2.42. The molecular formula is C18H25N3O2S. The summed E-state index contributed by atoms with van der Waals surface area (Å²) in [5, 5.41) is 1.90. The van der Waals surface area contributed by atoms with Gasteiger partial charge < -0.3 is 9.80 Å². The Balaban J connectivity index is 1.72. The number of aryl methyl sites for hydroxylation is 2. The molecule has 1 unspecified atom stereocenters. The van der Waals surface area contributed by atoms with E-state index in [2.05, 4.69) is 54.3 Å².